The number of rotatable bonds is 3. The highest BCUT2D eigenvalue weighted by Gasteiger charge is 2.28. The van der Waals surface area contributed by atoms with Crippen molar-refractivity contribution in [1.29, 1.82) is 0 Å². The second kappa shape index (κ2) is 4.98. The van der Waals surface area contributed by atoms with Crippen LogP contribution in [0.3, 0.4) is 0 Å². The maximum atomic E-state index is 12.1. The zero-order valence-electron chi connectivity index (χ0n) is 9.74. The standard InChI is InChI=1S/C12H16BrNO2S/c1-9-6-7-10(8-12(9)13)14-17(15,16)11-4-2-3-5-11/h6-8,11,14H,2-5H2,1H3. The van der Waals surface area contributed by atoms with Gasteiger partial charge in [0.15, 0.2) is 0 Å². The predicted octanol–water partition coefficient (Wildman–Crippen LogP) is 3.44. The molecule has 1 aromatic carbocycles. The molecule has 0 saturated heterocycles. The van der Waals surface area contributed by atoms with Gasteiger partial charge in [-0.15, -0.1) is 0 Å². The second-order valence-corrected chi connectivity index (χ2v) is 7.33. The van der Waals surface area contributed by atoms with Gasteiger partial charge in [0.25, 0.3) is 0 Å². The van der Waals surface area contributed by atoms with E-state index in [2.05, 4.69) is 20.7 Å². The molecular formula is C12H16BrNO2S. The van der Waals surface area contributed by atoms with Gasteiger partial charge in [0.1, 0.15) is 0 Å². The summed E-state index contributed by atoms with van der Waals surface area (Å²) < 4.78 is 27.7. The Morgan fingerprint density at radius 3 is 2.53 bits per heavy atom. The molecule has 5 heteroatoms. The summed E-state index contributed by atoms with van der Waals surface area (Å²) in [6, 6.07) is 5.50. The van der Waals surface area contributed by atoms with Crippen molar-refractivity contribution in [3.05, 3.63) is 28.2 Å². The van der Waals surface area contributed by atoms with Crippen LogP contribution < -0.4 is 4.72 Å². The Balaban J connectivity index is 2.17. The van der Waals surface area contributed by atoms with Gasteiger partial charge in [-0.05, 0) is 37.5 Å². The lowest BCUT2D eigenvalue weighted by Gasteiger charge is -2.13. The minimum absolute atomic E-state index is 0.220. The number of sulfonamides is 1. The Morgan fingerprint density at radius 1 is 1.29 bits per heavy atom. The average Bonchev–Trinajstić information content (AvgIpc) is 2.77. The van der Waals surface area contributed by atoms with Crippen LogP contribution in [0.5, 0.6) is 0 Å². The van der Waals surface area contributed by atoms with Crippen molar-refractivity contribution in [2.24, 2.45) is 0 Å². The van der Waals surface area contributed by atoms with Crippen LogP contribution in [0.15, 0.2) is 22.7 Å². The number of aryl methyl sites for hydroxylation is 1. The predicted molar refractivity (Wildman–Crippen MR) is 73.7 cm³/mol. The first-order valence-corrected chi connectivity index (χ1v) is 8.11. The molecule has 0 unspecified atom stereocenters. The summed E-state index contributed by atoms with van der Waals surface area (Å²) >= 11 is 3.40. The quantitative estimate of drug-likeness (QED) is 0.928. The zero-order valence-corrected chi connectivity index (χ0v) is 12.1. The van der Waals surface area contributed by atoms with E-state index in [1.165, 1.54) is 0 Å². The van der Waals surface area contributed by atoms with Crippen LogP contribution in [-0.2, 0) is 10.0 Å². The van der Waals surface area contributed by atoms with Crippen LogP contribution in [0.2, 0.25) is 0 Å². The molecule has 1 N–H and O–H groups in total. The molecule has 0 heterocycles. The largest absolute Gasteiger partial charge is 0.283 e. The Hall–Kier alpha value is -0.550. The average molecular weight is 318 g/mol. The van der Waals surface area contributed by atoms with Crippen LogP contribution in [0.25, 0.3) is 0 Å². The van der Waals surface area contributed by atoms with E-state index in [1.807, 2.05) is 19.1 Å². The molecule has 2 rings (SSSR count). The molecule has 3 nitrogen and oxygen atoms in total. The maximum Gasteiger partial charge on any atom is 0.235 e. The molecule has 1 aliphatic rings. The molecule has 94 valence electrons. The van der Waals surface area contributed by atoms with E-state index in [9.17, 15) is 8.42 Å². The van der Waals surface area contributed by atoms with E-state index in [-0.39, 0.29) is 5.25 Å². The summed E-state index contributed by atoms with van der Waals surface area (Å²) in [7, 11) is -3.21. The van der Waals surface area contributed by atoms with E-state index in [4.69, 9.17) is 0 Å². The fraction of sp³-hybridized carbons (Fsp3) is 0.500. The molecule has 1 aliphatic carbocycles. The Bertz CT molecular complexity index is 507. The van der Waals surface area contributed by atoms with Gasteiger partial charge in [-0.2, -0.15) is 0 Å². The lowest BCUT2D eigenvalue weighted by Crippen LogP contribution is -2.25. The molecule has 0 aliphatic heterocycles. The van der Waals surface area contributed by atoms with Gasteiger partial charge in [0, 0.05) is 10.2 Å². The number of nitrogens with one attached hydrogen (secondary N) is 1. The van der Waals surface area contributed by atoms with Gasteiger partial charge < -0.3 is 0 Å². The summed E-state index contributed by atoms with van der Waals surface area (Å²) in [6.07, 6.45) is 3.59. The van der Waals surface area contributed by atoms with Gasteiger partial charge in [0.05, 0.1) is 5.25 Å². The minimum Gasteiger partial charge on any atom is -0.283 e. The summed E-state index contributed by atoms with van der Waals surface area (Å²) in [6.45, 7) is 1.97. The van der Waals surface area contributed by atoms with Crippen molar-refractivity contribution in [3.8, 4) is 0 Å². The molecule has 0 atom stereocenters. The Kier molecular flexibility index (Phi) is 3.78. The van der Waals surface area contributed by atoms with Gasteiger partial charge in [-0.1, -0.05) is 34.8 Å². The summed E-state index contributed by atoms with van der Waals surface area (Å²) in [5.41, 5.74) is 1.73. The second-order valence-electron chi connectivity index (χ2n) is 4.52. The monoisotopic (exact) mass is 317 g/mol. The van der Waals surface area contributed by atoms with Crippen LogP contribution in [-0.4, -0.2) is 13.7 Å². The summed E-state index contributed by atoms with van der Waals surface area (Å²) in [5.74, 6) is 0. The molecular weight excluding hydrogens is 302 g/mol. The molecule has 0 spiro atoms. The van der Waals surface area contributed by atoms with Crippen LogP contribution in [0, 0.1) is 6.92 Å². The SMILES string of the molecule is Cc1ccc(NS(=O)(=O)C2CCCC2)cc1Br. The topological polar surface area (TPSA) is 46.2 Å². The van der Waals surface area contributed by atoms with Crippen molar-refractivity contribution in [2.45, 2.75) is 37.9 Å². The van der Waals surface area contributed by atoms with Crippen molar-refractivity contribution >= 4 is 31.6 Å². The van der Waals surface area contributed by atoms with Crippen molar-refractivity contribution in [3.63, 3.8) is 0 Å². The van der Waals surface area contributed by atoms with Crippen molar-refractivity contribution < 1.29 is 8.42 Å². The molecule has 0 radical (unpaired) electrons. The van der Waals surface area contributed by atoms with Crippen LogP contribution in [0.4, 0.5) is 5.69 Å². The van der Waals surface area contributed by atoms with Gasteiger partial charge in [-0.25, -0.2) is 8.42 Å². The van der Waals surface area contributed by atoms with E-state index in [0.717, 1.165) is 35.7 Å². The Labute approximate surface area is 111 Å². The third kappa shape index (κ3) is 3.01. The number of hydrogen-bond donors (Lipinski definition) is 1. The first-order valence-electron chi connectivity index (χ1n) is 5.77. The summed E-state index contributed by atoms with van der Waals surface area (Å²) in [5, 5.41) is -0.220. The number of anilines is 1. The highest BCUT2D eigenvalue weighted by atomic mass is 79.9. The molecule has 0 amide bonds. The smallest absolute Gasteiger partial charge is 0.235 e. The molecule has 1 fully saturated rings. The summed E-state index contributed by atoms with van der Waals surface area (Å²) in [4.78, 5) is 0. The third-order valence-corrected chi connectivity index (χ3v) is 5.90. The molecule has 0 bridgehead atoms. The number of benzene rings is 1. The lowest BCUT2D eigenvalue weighted by molar-refractivity contribution is 0.585. The van der Waals surface area contributed by atoms with Crippen molar-refractivity contribution in [2.75, 3.05) is 4.72 Å². The first-order chi connectivity index (χ1) is 7.99. The van der Waals surface area contributed by atoms with Gasteiger partial charge >= 0.3 is 0 Å². The molecule has 0 aromatic heterocycles. The van der Waals surface area contributed by atoms with E-state index in [0.29, 0.717) is 5.69 Å². The fourth-order valence-corrected chi connectivity index (χ4v) is 4.06. The van der Waals surface area contributed by atoms with Crippen LogP contribution in [0.1, 0.15) is 31.2 Å². The highest BCUT2D eigenvalue weighted by molar-refractivity contribution is 9.10. The van der Waals surface area contributed by atoms with Gasteiger partial charge in [0.2, 0.25) is 10.0 Å². The van der Waals surface area contributed by atoms with Crippen molar-refractivity contribution in [1.82, 2.24) is 0 Å². The Morgan fingerprint density at radius 2 is 1.94 bits per heavy atom. The molecule has 17 heavy (non-hydrogen) atoms. The number of hydrogen-bond acceptors (Lipinski definition) is 2. The normalized spacial score (nSPS) is 17.3. The zero-order chi connectivity index (χ0) is 12.5. The lowest BCUT2D eigenvalue weighted by atomic mass is 10.2. The van der Waals surface area contributed by atoms with Gasteiger partial charge in [-0.3, -0.25) is 4.72 Å². The molecule has 1 saturated carbocycles. The first kappa shape index (κ1) is 12.9. The van der Waals surface area contributed by atoms with E-state index < -0.39 is 10.0 Å². The third-order valence-electron chi connectivity index (χ3n) is 3.17. The van der Waals surface area contributed by atoms with E-state index >= 15 is 0 Å². The molecule has 1 aromatic rings. The maximum absolute atomic E-state index is 12.1. The van der Waals surface area contributed by atoms with Crippen LogP contribution >= 0.6 is 15.9 Å². The van der Waals surface area contributed by atoms with E-state index in [1.54, 1.807) is 6.07 Å². The minimum atomic E-state index is -3.21. The fourth-order valence-electron chi connectivity index (χ4n) is 2.10. The highest BCUT2D eigenvalue weighted by Crippen LogP contribution is 2.27. The number of halogens is 1.